The number of halogens is 1. The zero-order valence-electron chi connectivity index (χ0n) is 10.9. The predicted octanol–water partition coefficient (Wildman–Crippen LogP) is 2.76. The quantitative estimate of drug-likeness (QED) is 0.486. The molecule has 3 nitrogen and oxygen atoms in total. The Balaban J connectivity index is 2.00. The van der Waals surface area contributed by atoms with Crippen molar-refractivity contribution >= 4 is 21.9 Å². The Morgan fingerprint density at radius 2 is 2.00 bits per heavy atom. The van der Waals surface area contributed by atoms with Crippen molar-refractivity contribution in [2.75, 3.05) is 13.6 Å². The molecule has 0 N–H and O–H groups in total. The van der Waals surface area contributed by atoms with Crippen molar-refractivity contribution in [3.05, 3.63) is 35.9 Å². The van der Waals surface area contributed by atoms with E-state index in [1.165, 1.54) is 0 Å². The monoisotopic (exact) mass is 311 g/mol. The van der Waals surface area contributed by atoms with Gasteiger partial charge >= 0.3 is 5.97 Å². The largest absolute Gasteiger partial charge is 0.457 e. The molecule has 0 spiro atoms. The average molecular weight is 312 g/mol. The van der Waals surface area contributed by atoms with Crippen LogP contribution in [-0.4, -0.2) is 36.1 Å². The van der Waals surface area contributed by atoms with Gasteiger partial charge in [0.15, 0.2) is 0 Å². The molecule has 0 amide bonds. The molecule has 1 fully saturated rings. The smallest absolute Gasteiger partial charge is 0.324 e. The first-order valence-corrected chi connectivity index (χ1v) is 6.95. The Labute approximate surface area is 116 Å². The lowest BCUT2D eigenvalue weighted by atomic mass is 10.1. The van der Waals surface area contributed by atoms with Crippen molar-refractivity contribution in [3.8, 4) is 0 Å². The lowest BCUT2D eigenvalue weighted by Crippen LogP contribution is -2.36. The molecule has 4 heteroatoms. The molecule has 1 aromatic carbocycles. The van der Waals surface area contributed by atoms with Gasteiger partial charge in [-0.05, 0) is 26.5 Å². The Bertz CT molecular complexity index is 433. The van der Waals surface area contributed by atoms with Gasteiger partial charge in [0.1, 0.15) is 10.4 Å². The highest BCUT2D eigenvalue weighted by atomic mass is 79.9. The van der Waals surface area contributed by atoms with E-state index in [-0.39, 0.29) is 5.97 Å². The van der Waals surface area contributed by atoms with Crippen LogP contribution in [0, 0.1) is 0 Å². The molecular weight excluding hydrogens is 294 g/mol. The molecule has 18 heavy (non-hydrogen) atoms. The summed E-state index contributed by atoms with van der Waals surface area (Å²) in [5.74, 6) is -0.230. The molecular formula is C14H18BrNO2. The highest BCUT2D eigenvalue weighted by Crippen LogP contribution is 2.33. The SMILES string of the molecule is CN1CC1C(C)(C)OC(=O)C(Br)c1ccccc1. The Morgan fingerprint density at radius 1 is 1.44 bits per heavy atom. The van der Waals surface area contributed by atoms with Gasteiger partial charge in [-0.1, -0.05) is 46.3 Å². The molecule has 1 aliphatic heterocycles. The topological polar surface area (TPSA) is 29.3 Å². The van der Waals surface area contributed by atoms with Crippen molar-refractivity contribution in [1.82, 2.24) is 4.90 Å². The zero-order chi connectivity index (χ0) is 13.3. The molecule has 0 aromatic heterocycles. The van der Waals surface area contributed by atoms with Crippen LogP contribution in [-0.2, 0) is 9.53 Å². The van der Waals surface area contributed by atoms with Gasteiger partial charge in [0, 0.05) is 6.54 Å². The number of hydrogen-bond acceptors (Lipinski definition) is 3. The van der Waals surface area contributed by atoms with Gasteiger partial charge in [-0.2, -0.15) is 0 Å². The second kappa shape index (κ2) is 5.02. The molecule has 2 rings (SSSR count). The van der Waals surface area contributed by atoms with Gasteiger partial charge in [-0.15, -0.1) is 0 Å². The molecule has 0 aliphatic carbocycles. The maximum Gasteiger partial charge on any atom is 0.324 e. The number of carbonyl (C=O) groups is 1. The Kier molecular flexibility index (Phi) is 3.78. The van der Waals surface area contributed by atoms with Gasteiger partial charge in [0.05, 0.1) is 6.04 Å². The second-order valence-corrected chi connectivity index (χ2v) is 6.17. The third kappa shape index (κ3) is 2.93. The van der Waals surface area contributed by atoms with E-state index in [4.69, 9.17) is 4.74 Å². The normalized spacial score (nSPS) is 24.4. The molecule has 0 bridgehead atoms. The minimum Gasteiger partial charge on any atom is -0.457 e. The van der Waals surface area contributed by atoms with Gasteiger partial charge in [0.25, 0.3) is 0 Å². The van der Waals surface area contributed by atoms with Crippen LogP contribution in [0.4, 0.5) is 0 Å². The van der Waals surface area contributed by atoms with Crippen LogP contribution in [0.5, 0.6) is 0 Å². The summed E-state index contributed by atoms with van der Waals surface area (Å²) in [6.07, 6.45) is 0. The zero-order valence-corrected chi connectivity index (χ0v) is 12.5. The van der Waals surface area contributed by atoms with Gasteiger partial charge in [0.2, 0.25) is 0 Å². The van der Waals surface area contributed by atoms with Crippen molar-refractivity contribution in [3.63, 3.8) is 0 Å². The summed E-state index contributed by atoms with van der Waals surface area (Å²) >= 11 is 3.40. The highest BCUT2D eigenvalue weighted by molar-refractivity contribution is 9.09. The van der Waals surface area contributed by atoms with Crippen molar-refractivity contribution in [2.24, 2.45) is 0 Å². The third-order valence-electron chi connectivity index (χ3n) is 3.32. The summed E-state index contributed by atoms with van der Waals surface area (Å²) in [4.78, 5) is 13.9. The fourth-order valence-electron chi connectivity index (χ4n) is 2.11. The Morgan fingerprint density at radius 3 is 2.50 bits per heavy atom. The first kappa shape index (κ1) is 13.6. The van der Waals surface area contributed by atoms with Crippen molar-refractivity contribution in [2.45, 2.75) is 30.3 Å². The van der Waals surface area contributed by atoms with Crippen LogP contribution in [0.25, 0.3) is 0 Å². The van der Waals surface area contributed by atoms with E-state index < -0.39 is 10.4 Å². The second-order valence-electron chi connectivity index (χ2n) is 5.25. The van der Waals surface area contributed by atoms with E-state index in [0.717, 1.165) is 12.1 Å². The maximum absolute atomic E-state index is 12.1. The van der Waals surface area contributed by atoms with Crippen LogP contribution in [0.2, 0.25) is 0 Å². The van der Waals surface area contributed by atoms with Crippen LogP contribution in [0.3, 0.4) is 0 Å². The van der Waals surface area contributed by atoms with E-state index in [9.17, 15) is 4.79 Å². The third-order valence-corrected chi connectivity index (χ3v) is 4.23. The van der Waals surface area contributed by atoms with E-state index >= 15 is 0 Å². The maximum atomic E-state index is 12.1. The number of ether oxygens (including phenoxy) is 1. The number of alkyl halides is 1. The standard InChI is InChI=1S/C14H18BrNO2/c1-14(2,11-9-16(11)3)18-13(17)12(15)10-7-5-4-6-8-10/h4-8,11-12H,9H2,1-3H3. The minimum absolute atomic E-state index is 0.230. The van der Waals surface area contributed by atoms with Crippen LogP contribution in [0.15, 0.2) is 30.3 Å². The van der Waals surface area contributed by atoms with E-state index in [2.05, 4.69) is 20.8 Å². The summed E-state index contributed by atoms with van der Waals surface area (Å²) < 4.78 is 5.62. The van der Waals surface area contributed by atoms with Crippen LogP contribution < -0.4 is 0 Å². The predicted molar refractivity (Wildman–Crippen MR) is 74.7 cm³/mol. The van der Waals surface area contributed by atoms with Crippen LogP contribution >= 0.6 is 15.9 Å². The molecule has 1 heterocycles. The van der Waals surface area contributed by atoms with Crippen molar-refractivity contribution in [1.29, 1.82) is 0 Å². The number of nitrogens with zero attached hydrogens (tertiary/aromatic N) is 1. The first-order valence-electron chi connectivity index (χ1n) is 6.04. The van der Waals surface area contributed by atoms with E-state index in [1.54, 1.807) is 0 Å². The number of hydrogen-bond donors (Lipinski definition) is 0. The fourth-order valence-corrected chi connectivity index (χ4v) is 2.51. The van der Waals surface area contributed by atoms with Crippen LogP contribution in [0.1, 0.15) is 24.2 Å². The van der Waals surface area contributed by atoms with E-state index in [1.807, 2.05) is 51.2 Å². The van der Waals surface area contributed by atoms with Gasteiger partial charge in [-0.25, -0.2) is 0 Å². The number of esters is 1. The number of carbonyl (C=O) groups excluding carboxylic acids is 1. The average Bonchev–Trinajstić information content (AvgIpc) is 3.07. The molecule has 98 valence electrons. The summed E-state index contributed by atoms with van der Waals surface area (Å²) in [6.45, 7) is 4.91. The van der Waals surface area contributed by atoms with Gasteiger partial charge < -0.3 is 4.74 Å². The number of rotatable bonds is 4. The number of likely N-dealkylation sites (N-methyl/N-ethyl adjacent to an activating group) is 1. The van der Waals surface area contributed by atoms with Gasteiger partial charge in [-0.3, -0.25) is 9.69 Å². The summed E-state index contributed by atoms with van der Waals surface area (Å²) in [5.41, 5.74) is 0.481. The summed E-state index contributed by atoms with van der Waals surface area (Å²) in [6, 6.07) is 9.91. The lowest BCUT2D eigenvalue weighted by Gasteiger charge is -2.26. The molecule has 1 aliphatic rings. The number of benzene rings is 1. The van der Waals surface area contributed by atoms with E-state index in [0.29, 0.717) is 6.04 Å². The summed E-state index contributed by atoms with van der Waals surface area (Å²) in [5, 5.41) is 0. The minimum atomic E-state index is -0.438. The first-order chi connectivity index (χ1) is 8.42. The fraction of sp³-hybridized carbons (Fsp3) is 0.500. The summed E-state index contributed by atoms with van der Waals surface area (Å²) in [7, 11) is 2.03. The molecule has 0 radical (unpaired) electrons. The molecule has 3 atom stereocenters. The highest BCUT2D eigenvalue weighted by Gasteiger charge is 2.46. The lowest BCUT2D eigenvalue weighted by molar-refractivity contribution is -0.156. The molecule has 3 unspecified atom stereocenters. The molecule has 1 aromatic rings. The molecule has 1 saturated heterocycles. The Hall–Kier alpha value is -0.870. The van der Waals surface area contributed by atoms with Crippen molar-refractivity contribution < 1.29 is 9.53 Å². The molecule has 0 saturated carbocycles.